The maximum absolute atomic E-state index is 6.10. The van der Waals surface area contributed by atoms with Crippen LogP contribution in [0.3, 0.4) is 0 Å². The van der Waals surface area contributed by atoms with Crippen LogP contribution in [0.15, 0.2) is 18.2 Å². The van der Waals surface area contributed by atoms with Crippen LogP contribution in [0.5, 0.6) is 11.5 Å². The SMILES string of the molecule is CCOc1cccc(CBr)c1OCC1CCCCC1. The molecule has 19 heavy (non-hydrogen) atoms. The lowest BCUT2D eigenvalue weighted by atomic mass is 9.90. The predicted molar refractivity (Wildman–Crippen MR) is 82.3 cm³/mol. The maximum Gasteiger partial charge on any atom is 0.165 e. The van der Waals surface area contributed by atoms with Crippen molar-refractivity contribution in [3.05, 3.63) is 23.8 Å². The van der Waals surface area contributed by atoms with Gasteiger partial charge in [0.15, 0.2) is 11.5 Å². The first-order valence-electron chi connectivity index (χ1n) is 7.28. The molecule has 1 aliphatic carbocycles. The van der Waals surface area contributed by atoms with Crippen molar-refractivity contribution < 1.29 is 9.47 Å². The first-order valence-corrected chi connectivity index (χ1v) is 8.40. The van der Waals surface area contributed by atoms with Crippen molar-refractivity contribution in [2.24, 2.45) is 5.92 Å². The number of hydrogen-bond donors (Lipinski definition) is 0. The highest BCUT2D eigenvalue weighted by Gasteiger charge is 2.16. The minimum atomic E-state index is 0.672. The fraction of sp³-hybridized carbons (Fsp3) is 0.625. The molecule has 0 N–H and O–H groups in total. The zero-order valence-corrected chi connectivity index (χ0v) is 13.2. The van der Waals surface area contributed by atoms with E-state index in [2.05, 4.69) is 22.0 Å². The Hall–Kier alpha value is -0.700. The van der Waals surface area contributed by atoms with Crippen LogP contribution in [0.2, 0.25) is 0 Å². The molecule has 1 aromatic rings. The first kappa shape index (κ1) is 14.7. The molecule has 0 amide bonds. The summed E-state index contributed by atoms with van der Waals surface area (Å²) < 4.78 is 11.8. The molecule has 0 aromatic heterocycles. The molecule has 3 heteroatoms. The summed E-state index contributed by atoms with van der Waals surface area (Å²) >= 11 is 3.52. The van der Waals surface area contributed by atoms with Crippen molar-refractivity contribution >= 4 is 15.9 Å². The average molecular weight is 327 g/mol. The smallest absolute Gasteiger partial charge is 0.165 e. The number of halogens is 1. The fourth-order valence-corrected chi connectivity index (χ4v) is 3.10. The number of benzene rings is 1. The molecule has 1 fully saturated rings. The zero-order valence-electron chi connectivity index (χ0n) is 11.7. The van der Waals surface area contributed by atoms with Crippen molar-refractivity contribution in [1.29, 1.82) is 0 Å². The minimum absolute atomic E-state index is 0.672. The van der Waals surface area contributed by atoms with Crippen LogP contribution >= 0.6 is 15.9 Å². The highest BCUT2D eigenvalue weighted by Crippen LogP contribution is 2.34. The Balaban J connectivity index is 2.03. The summed E-state index contributed by atoms with van der Waals surface area (Å²) in [6.07, 6.45) is 6.71. The Bertz CT molecular complexity index is 386. The van der Waals surface area contributed by atoms with Crippen molar-refractivity contribution in [2.45, 2.75) is 44.4 Å². The Morgan fingerprint density at radius 2 is 1.95 bits per heavy atom. The van der Waals surface area contributed by atoms with Crippen molar-refractivity contribution in [2.75, 3.05) is 13.2 Å². The highest BCUT2D eigenvalue weighted by atomic mass is 79.9. The average Bonchev–Trinajstić information content (AvgIpc) is 2.47. The van der Waals surface area contributed by atoms with E-state index in [0.29, 0.717) is 12.5 Å². The van der Waals surface area contributed by atoms with E-state index in [0.717, 1.165) is 23.4 Å². The molecule has 0 unspecified atom stereocenters. The molecular weight excluding hydrogens is 304 g/mol. The van der Waals surface area contributed by atoms with Gasteiger partial charge in [-0.2, -0.15) is 0 Å². The molecule has 1 aliphatic rings. The lowest BCUT2D eigenvalue weighted by Crippen LogP contribution is -2.16. The molecule has 1 saturated carbocycles. The minimum Gasteiger partial charge on any atom is -0.490 e. The van der Waals surface area contributed by atoms with Crippen LogP contribution in [-0.2, 0) is 5.33 Å². The molecular formula is C16H23BrO2. The first-order chi connectivity index (χ1) is 9.35. The summed E-state index contributed by atoms with van der Waals surface area (Å²) in [7, 11) is 0. The summed E-state index contributed by atoms with van der Waals surface area (Å²) in [5.41, 5.74) is 1.17. The molecule has 0 atom stereocenters. The topological polar surface area (TPSA) is 18.5 Å². The molecule has 2 nitrogen and oxygen atoms in total. The number of rotatable bonds is 6. The third-order valence-corrected chi connectivity index (χ3v) is 4.30. The van der Waals surface area contributed by atoms with Gasteiger partial charge in [0.05, 0.1) is 13.2 Å². The van der Waals surface area contributed by atoms with Gasteiger partial charge in [0.1, 0.15) is 0 Å². The van der Waals surface area contributed by atoms with Crippen molar-refractivity contribution in [1.82, 2.24) is 0 Å². The lowest BCUT2D eigenvalue weighted by Gasteiger charge is -2.23. The van der Waals surface area contributed by atoms with Crippen LogP contribution in [0.25, 0.3) is 0 Å². The predicted octanol–water partition coefficient (Wildman–Crippen LogP) is 4.94. The number of alkyl halides is 1. The van der Waals surface area contributed by atoms with E-state index in [1.807, 2.05) is 19.1 Å². The molecule has 0 spiro atoms. The van der Waals surface area contributed by atoms with Gasteiger partial charge in [-0.25, -0.2) is 0 Å². The summed E-state index contributed by atoms with van der Waals surface area (Å²) in [6, 6.07) is 6.11. The van der Waals surface area contributed by atoms with E-state index in [1.54, 1.807) is 0 Å². The van der Waals surface area contributed by atoms with Crippen LogP contribution in [0.1, 0.15) is 44.6 Å². The lowest BCUT2D eigenvalue weighted by molar-refractivity contribution is 0.198. The van der Waals surface area contributed by atoms with E-state index in [-0.39, 0.29) is 0 Å². The largest absolute Gasteiger partial charge is 0.490 e. The van der Waals surface area contributed by atoms with Gasteiger partial charge < -0.3 is 9.47 Å². The second-order valence-corrected chi connectivity index (χ2v) is 5.69. The van der Waals surface area contributed by atoms with Crippen LogP contribution in [0.4, 0.5) is 0 Å². The molecule has 0 aliphatic heterocycles. The van der Waals surface area contributed by atoms with Gasteiger partial charge in [0, 0.05) is 10.9 Å². The van der Waals surface area contributed by atoms with Gasteiger partial charge in [-0.15, -0.1) is 0 Å². The van der Waals surface area contributed by atoms with Crippen molar-refractivity contribution in [3.8, 4) is 11.5 Å². The van der Waals surface area contributed by atoms with Gasteiger partial charge in [0.2, 0.25) is 0 Å². The summed E-state index contributed by atoms with van der Waals surface area (Å²) in [5.74, 6) is 2.51. The third-order valence-electron chi connectivity index (χ3n) is 3.69. The van der Waals surface area contributed by atoms with Crippen LogP contribution in [0, 0.1) is 5.92 Å². The Morgan fingerprint density at radius 3 is 2.63 bits per heavy atom. The number of ether oxygens (including phenoxy) is 2. The van der Waals surface area contributed by atoms with Crippen molar-refractivity contribution in [3.63, 3.8) is 0 Å². The van der Waals surface area contributed by atoms with Gasteiger partial charge in [-0.3, -0.25) is 0 Å². The number of hydrogen-bond acceptors (Lipinski definition) is 2. The van der Waals surface area contributed by atoms with Gasteiger partial charge in [0.25, 0.3) is 0 Å². The molecule has 1 aromatic carbocycles. The normalized spacial score (nSPS) is 16.3. The molecule has 0 radical (unpaired) electrons. The second-order valence-electron chi connectivity index (χ2n) is 5.13. The van der Waals surface area contributed by atoms with Gasteiger partial charge >= 0.3 is 0 Å². The van der Waals surface area contributed by atoms with Crippen LogP contribution in [-0.4, -0.2) is 13.2 Å². The molecule has 106 valence electrons. The highest BCUT2D eigenvalue weighted by molar-refractivity contribution is 9.08. The van der Waals surface area contributed by atoms with Crippen LogP contribution < -0.4 is 9.47 Å². The standard InChI is InChI=1S/C16H23BrO2/c1-2-18-15-10-6-9-14(11-17)16(15)19-12-13-7-4-3-5-8-13/h6,9-10,13H,2-5,7-8,11-12H2,1H3. The Labute approximate surface area is 124 Å². The molecule has 0 heterocycles. The third kappa shape index (κ3) is 4.13. The van der Waals surface area contributed by atoms with Gasteiger partial charge in [-0.1, -0.05) is 47.3 Å². The van der Waals surface area contributed by atoms with E-state index in [4.69, 9.17) is 9.47 Å². The quantitative estimate of drug-likeness (QED) is 0.689. The zero-order chi connectivity index (χ0) is 13.5. The Morgan fingerprint density at radius 1 is 1.16 bits per heavy atom. The maximum atomic E-state index is 6.10. The summed E-state index contributed by atoms with van der Waals surface area (Å²) in [5, 5.41) is 0.800. The summed E-state index contributed by atoms with van der Waals surface area (Å²) in [4.78, 5) is 0. The monoisotopic (exact) mass is 326 g/mol. The fourth-order valence-electron chi connectivity index (χ4n) is 2.65. The molecule has 0 saturated heterocycles. The van der Waals surface area contributed by atoms with E-state index in [1.165, 1.54) is 37.7 Å². The van der Waals surface area contributed by atoms with Gasteiger partial charge in [-0.05, 0) is 31.7 Å². The Kier molecular flexibility index (Phi) is 6.02. The van der Waals surface area contributed by atoms with E-state index in [9.17, 15) is 0 Å². The summed E-state index contributed by atoms with van der Waals surface area (Å²) in [6.45, 7) is 3.50. The van der Waals surface area contributed by atoms with E-state index < -0.39 is 0 Å². The second kappa shape index (κ2) is 7.78. The van der Waals surface area contributed by atoms with E-state index >= 15 is 0 Å². The molecule has 0 bridgehead atoms. The molecule has 2 rings (SSSR count). The number of para-hydroxylation sites is 1.